The molecular formula is C12H7ClN2O2. The Morgan fingerprint density at radius 3 is 2.59 bits per heavy atom. The van der Waals surface area contributed by atoms with Crippen LogP contribution in [0, 0.1) is 0 Å². The van der Waals surface area contributed by atoms with Crippen LogP contribution in [0.4, 0.5) is 0 Å². The van der Waals surface area contributed by atoms with Crippen LogP contribution in [-0.4, -0.2) is 10.1 Å². The highest BCUT2D eigenvalue weighted by Gasteiger charge is 2.12. The van der Waals surface area contributed by atoms with Crippen LogP contribution in [0.15, 0.2) is 51.6 Å². The van der Waals surface area contributed by atoms with Gasteiger partial charge in [0.15, 0.2) is 5.76 Å². The highest BCUT2D eigenvalue weighted by molar-refractivity contribution is 6.30. The molecule has 84 valence electrons. The van der Waals surface area contributed by atoms with E-state index in [1.54, 1.807) is 30.5 Å². The molecule has 0 aliphatic carbocycles. The van der Waals surface area contributed by atoms with E-state index in [0.717, 1.165) is 5.56 Å². The molecule has 3 aromatic rings. The number of halogens is 1. The molecule has 17 heavy (non-hydrogen) atoms. The van der Waals surface area contributed by atoms with Gasteiger partial charge in [-0.3, -0.25) is 0 Å². The lowest BCUT2D eigenvalue weighted by Crippen LogP contribution is -1.79. The summed E-state index contributed by atoms with van der Waals surface area (Å²) in [5.41, 5.74) is 0.843. The van der Waals surface area contributed by atoms with Crippen LogP contribution in [0.1, 0.15) is 0 Å². The Hall–Kier alpha value is -2.07. The summed E-state index contributed by atoms with van der Waals surface area (Å²) < 4.78 is 10.3. The molecule has 0 amide bonds. The summed E-state index contributed by atoms with van der Waals surface area (Å²) in [5, 5.41) is 4.55. The van der Waals surface area contributed by atoms with Crippen molar-refractivity contribution in [1.29, 1.82) is 0 Å². The molecule has 3 rings (SSSR count). The third kappa shape index (κ3) is 1.94. The molecule has 2 heterocycles. The molecule has 0 fully saturated rings. The van der Waals surface area contributed by atoms with Gasteiger partial charge in [0.25, 0.3) is 5.89 Å². The van der Waals surface area contributed by atoms with Crippen molar-refractivity contribution in [2.45, 2.75) is 0 Å². The normalized spacial score (nSPS) is 10.6. The molecule has 0 radical (unpaired) electrons. The average Bonchev–Trinajstić information content (AvgIpc) is 3.00. The van der Waals surface area contributed by atoms with Crippen LogP contribution in [-0.2, 0) is 0 Å². The minimum Gasteiger partial charge on any atom is -0.459 e. The number of rotatable bonds is 2. The first-order valence-corrected chi connectivity index (χ1v) is 5.34. The second kappa shape index (κ2) is 4.07. The standard InChI is InChI=1S/C12H7ClN2O2/c13-9-5-3-8(4-6-9)11-14-12(17-15-11)10-2-1-7-16-10/h1-7H. The van der Waals surface area contributed by atoms with Gasteiger partial charge in [-0.1, -0.05) is 16.8 Å². The fourth-order valence-electron chi connectivity index (χ4n) is 1.44. The smallest absolute Gasteiger partial charge is 0.293 e. The zero-order chi connectivity index (χ0) is 11.7. The van der Waals surface area contributed by atoms with Crippen LogP contribution in [0.2, 0.25) is 5.02 Å². The number of nitrogens with zero attached hydrogens (tertiary/aromatic N) is 2. The number of benzene rings is 1. The SMILES string of the molecule is Clc1ccc(-c2noc(-c3ccco3)n2)cc1. The Balaban J connectivity index is 1.98. The van der Waals surface area contributed by atoms with E-state index < -0.39 is 0 Å². The summed E-state index contributed by atoms with van der Waals surface area (Å²) in [4.78, 5) is 4.24. The first-order chi connectivity index (χ1) is 8.33. The van der Waals surface area contributed by atoms with Crippen LogP contribution in [0.5, 0.6) is 0 Å². The third-order valence-electron chi connectivity index (χ3n) is 2.26. The lowest BCUT2D eigenvalue weighted by Gasteiger charge is -1.92. The van der Waals surface area contributed by atoms with Crippen molar-refractivity contribution < 1.29 is 8.94 Å². The van der Waals surface area contributed by atoms with E-state index in [-0.39, 0.29) is 0 Å². The van der Waals surface area contributed by atoms with Gasteiger partial charge >= 0.3 is 0 Å². The van der Waals surface area contributed by atoms with Gasteiger partial charge in [0.1, 0.15) is 0 Å². The molecule has 0 saturated heterocycles. The Labute approximate surface area is 102 Å². The summed E-state index contributed by atoms with van der Waals surface area (Å²) in [6, 6.07) is 10.7. The van der Waals surface area contributed by atoms with Crippen LogP contribution >= 0.6 is 11.6 Å². The lowest BCUT2D eigenvalue weighted by molar-refractivity contribution is 0.417. The largest absolute Gasteiger partial charge is 0.459 e. The van der Waals surface area contributed by atoms with Gasteiger partial charge in [0.2, 0.25) is 5.82 Å². The molecule has 0 aliphatic rings. The van der Waals surface area contributed by atoms with Crippen LogP contribution in [0.25, 0.3) is 23.0 Å². The second-order valence-electron chi connectivity index (χ2n) is 3.41. The maximum Gasteiger partial charge on any atom is 0.293 e. The molecule has 2 aromatic heterocycles. The summed E-state index contributed by atoms with van der Waals surface area (Å²) in [5.74, 6) is 1.42. The summed E-state index contributed by atoms with van der Waals surface area (Å²) in [7, 11) is 0. The molecule has 0 atom stereocenters. The minimum absolute atomic E-state index is 0.361. The molecule has 5 heteroatoms. The van der Waals surface area contributed by atoms with E-state index in [1.165, 1.54) is 0 Å². The number of aromatic nitrogens is 2. The third-order valence-corrected chi connectivity index (χ3v) is 2.51. The monoisotopic (exact) mass is 246 g/mol. The Bertz CT molecular complexity index is 614. The van der Waals surface area contributed by atoms with E-state index in [9.17, 15) is 0 Å². The van der Waals surface area contributed by atoms with Gasteiger partial charge < -0.3 is 8.94 Å². The van der Waals surface area contributed by atoms with Gasteiger partial charge in [-0.25, -0.2) is 0 Å². The van der Waals surface area contributed by atoms with Crippen molar-refractivity contribution in [2.24, 2.45) is 0 Å². The molecule has 0 unspecified atom stereocenters. The van der Waals surface area contributed by atoms with Gasteiger partial charge in [-0.15, -0.1) is 0 Å². The molecule has 1 aromatic carbocycles. The molecular weight excluding hydrogens is 240 g/mol. The van der Waals surface area contributed by atoms with Crippen LogP contribution < -0.4 is 0 Å². The Kier molecular flexibility index (Phi) is 2.42. The van der Waals surface area contributed by atoms with Crippen molar-refractivity contribution in [3.05, 3.63) is 47.7 Å². The molecule has 0 N–H and O–H groups in total. The number of hydrogen-bond donors (Lipinski definition) is 0. The van der Waals surface area contributed by atoms with E-state index >= 15 is 0 Å². The highest BCUT2D eigenvalue weighted by atomic mass is 35.5. The van der Waals surface area contributed by atoms with Crippen molar-refractivity contribution in [3.8, 4) is 23.0 Å². The zero-order valence-corrected chi connectivity index (χ0v) is 9.39. The number of furan rings is 1. The zero-order valence-electron chi connectivity index (χ0n) is 8.63. The Morgan fingerprint density at radius 2 is 1.88 bits per heavy atom. The Morgan fingerprint density at radius 1 is 1.06 bits per heavy atom. The van der Waals surface area contributed by atoms with E-state index in [4.69, 9.17) is 20.5 Å². The second-order valence-corrected chi connectivity index (χ2v) is 3.84. The lowest BCUT2D eigenvalue weighted by atomic mass is 10.2. The molecule has 0 bridgehead atoms. The average molecular weight is 247 g/mol. The molecule has 0 saturated carbocycles. The van der Waals surface area contributed by atoms with Crippen LogP contribution in [0.3, 0.4) is 0 Å². The quantitative estimate of drug-likeness (QED) is 0.693. The molecule has 0 spiro atoms. The summed E-state index contributed by atoms with van der Waals surface area (Å²) in [6.45, 7) is 0. The first kappa shape index (κ1) is 10.1. The van der Waals surface area contributed by atoms with E-state index in [0.29, 0.717) is 22.5 Å². The van der Waals surface area contributed by atoms with E-state index in [2.05, 4.69) is 10.1 Å². The van der Waals surface area contributed by atoms with Gasteiger partial charge in [0, 0.05) is 10.6 Å². The first-order valence-electron chi connectivity index (χ1n) is 4.96. The van der Waals surface area contributed by atoms with E-state index in [1.807, 2.05) is 12.1 Å². The summed E-state index contributed by atoms with van der Waals surface area (Å²) in [6.07, 6.45) is 1.56. The topological polar surface area (TPSA) is 52.1 Å². The minimum atomic E-state index is 0.361. The van der Waals surface area contributed by atoms with Crippen molar-refractivity contribution >= 4 is 11.6 Å². The predicted molar refractivity (Wildman–Crippen MR) is 62.4 cm³/mol. The number of hydrogen-bond acceptors (Lipinski definition) is 4. The predicted octanol–water partition coefficient (Wildman–Crippen LogP) is 3.65. The van der Waals surface area contributed by atoms with Gasteiger partial charge in [-0.2, -0.15) is 4.98 Å². The molecule has 4 nitrogen and oxygen atoms in total. The maximum atomic E-state index is 5.81. The molecule has 0 aliphatic heterocycles. The van der Waals surface area contributed by atoms with Crippen molar-refractivity contribution in [1.82, 2.24) is 10.1 Å². The van der Waals surface area contributed by atoms with Gasteiger partial charge in [0.05, 0.1) is 6.26 Å². The highest BCUT2D eigenvalue weighted by Crippen LogP contribution is 2.23. The maximum absolute atomic E-state index is 5.81. The van der Waals surface area contributed by atoms with Crippen molar-refractivity contribution in [2.75, 3.05) is 0 Å². The van der Waals surface area contributed by atoms with Gasteiger partial charge in [-0.05, 0) is 36.4 Å². The fourth-order valence-corrected chi connectivity index (χ4v) is 1.57. The van der Waals surface area contributed by atoms with Crippen molar-refractivity contribution in [3.63, 3.8) is 0 Å². The fraction of sp³-hybridized carbons (Fsp3) is 0. The summed E-state index contributed by atoms with van der Waals surface area (Å²) >= 11 is 5.81.